The van der Waals surface area contributed by atoms with Crippen molar-refractivity contribution in [3.63, 3.8) is 0 Å². The molecule has 2 unspecified atom stereocenters. The number of aryl methyl sites for hydroxylation is 1. The minimum atomic E-state index is -0.234. The third-order valence-electron chi connectivity index (χ3n) is 3.16. The average molecular weight is 253 g/mol. The van der Waals surface area contributed by atoms with Crippen LogP contribution in [0, 0.1) is 6.92 Å². The van der Waals surface area contributed by atoms with E-state index < -0.39 is 0 Å². The third-order valence-corrected chi connectivity index (χ3v) is 3.52. The Hall–Kier alpha value is -0.860. The molecule has 0 N–H and O–H groups in total. The van der Waals surface area contributed by atoms with E-state index in [1.165, 1.54) is 0 Å². The van der Waals surface area contributed by atoms with E-state index in [1.807, 2.05) is 32.0 Å². The Morgan fingerprint density at radius 1 is 1.47 bits per heavy atom. The zero-order valence-electron chi connectivity index (χ0n) is 10.2. The van der Waals surface area contributed by atoms with Crippen LogP contribution in [0.3, 0.4) is 0 Å². The molecule has 1 heterocycles. The predicted molar refractivity (Wildman–Crippen MR) is 68.5 cm³/mol. The first-order valence-corrected chi connectivity index (χ1v) is 6.37. The number of halogens is 1. The quantitative estimate of drug-likeness (QED) is 0.825. The zero-order chi connectivity index (χ0) is 12.4. The summed E-state index contributed by atoms with van der Waals surface area (Å²) in [7, 11) is 0. The van der Waals surface area contributed by atoms with E-state index in [0.29, 0.717) is 11.4 Å². The highest BCUT2D eigenvalue weighted by molar-refractivity contribution is 6.31. The van der Waals surface area contributed by atoms with Crippen LogP contribution in [0.1, 0.15) is 30.9 Å². The molecule has 1 fully saturated rings. The van der Waals surface area contributed by atoms with Gasteiger partial charge in [0.2, 0.25) is 0 Å². The summed E-state index contributed by atoms with van der Waals surface area (Å²) in [4.78, 5) is 12.0. The van der Waals surface area contributed by atoms with Gasteiger partial charge in [0.25, 0.3) is 0 Å². The third kappa shape index (κ3) is 3.08. The molecule has 1 aromatic rings. The summed E-state index contributed by atoms with van der Waals surface area (Å²) >= 11 is 6.12. The fourth-order valence-electron chi connectivity index (χ4n) is 2.14. The fraction of sp³-hybridized carbons (Fsp3) is 0.500. The molecule has 3 heteroatoms. The van der Waals surface area contributed by atoms with Gasteiger partial charge in [0.15, 0.2) is 5.78 Å². The Morgan fingerprint density at radius 2 is 2.24 bits per heavy atom. The molecule has 17 heavy (non-hydrogen) atoms. The van der Waals surface area contributed by atoms with Crippen molar-refractivity contribution in [3.05, 3.63) is 34.3 Å². The maximum Gasteiger partial charge on any atom is 0.165 e. The highest BCUT2D eigenvalue weighted by atomic mass is 35.5. The van der Waals surface area contributed by atoms with Crippen molar-refractivity contribution < 1.29 is 9.53 Å². The molecule has 2 rings (SSSR count). The molecule has 1 aliphatic rings. The first-order chi connectivity index (χ1) is 8.06. The summed E-state index contributed by atoms with van der Waals surface area (Å²) in [6.07, 6.45) is 2.15. The summed E-state index contributed by atoms with van der Waals surface area (Å²) in [5.74, 6) is 0.139. The lowest BCUT2D eigenvalue weighted by molar-refractivity contribution is -0.128. The molecular weight excluding hydrogens is 236 g/mol. The van der Waals surface area contributed by atoms with Crippen LogP contribution < -0.4 is 0 Å². The number of ketones is 1. The lowest BCUT2D eigenvalue weighted by Gasteiger charge is -2.11. The molecule has 0 amide bonds. The highest BCUT2D eigenvalue weighted by Crippen LogP contribution is 2.23. The number of Topliss-reactive ketones (excluding diaryl/α,β-unsaturated/α-hetero) is 1. The lowest BCUT2D eigenvalue weighted by Crippen LogP contribution is -2.22. The lowest BCUT2D eigenvalue weighted by atomic mass is 10.0. The van der Waals surface area contributed by atoms with Gasteiger partial charge in [-0.1, -0.05) is 23.7 Å². The topological polar surface area (TPSA) is 26.3 Å². The van der Waals surface area contributed by atoms with E-state index in [9.17, 15) is 4.79 Å². The van der Waals surface area contributed by atoms with Crippen LogP contribution in [0.15, 0.2) is 18.2 Å². The molecule has 1 saturated heterocycles. The predicted octanol–water partition coefficient (Wildman–Crippen LogP) is 3.33. The van der Waals surface area contributed by atoms with Crippen molar-refractivity contribution in [2.45, 2.75) is 45.3 Å². The summed E-state index contributed by atoms with van der Waals surface area (Å²) in [5.41, 5.74) is 2.00. The van der Waals surface area contributed by atoms with Crippen LogP contribution in [-0.2, 0) is 16.0 Å². The molecule has 2 nitrogen and oxygen atoms in total. The molecule has 0 aliphatic carbocycles. The number of rotatable bonds is 3. The zero-order valence-corrected chi connectivity index (χ0v) is 11.0. The van der Waals surface area contributed by atoms with Crippen molar-refractivity contribution in [3.8, 4) is 0 Å². The van der Waals surface area contributed by atoms with Gasteiger partial charge < -0.3 is 4.74 Å². The van der Waals surface area contributed by atoms with Gasteiger partial charge in [-0.25, -0.2) is 0 Å². The molecule has 0 saturated carbocycles. The second kappa shape index (κ2) is 5.19. The molecular formula is C14H17ClO2. The minimum Gasteiger partial charge on any atom is -0.367 e. The van der Waals surface area contributed by atoms with E-state index in [4.69, 9.17) is 16.3 Å². The molecule has 2 atom stereocenters. The van der Waals surface area contributed by atoms with Gasteiger partial charge in [0.1, 0.15) is 6.10 Å². The van der Waals surface area contributed by atoms with E-state index in [-0.39, 0.29) is 18.0 Å². The van der Waals surface area contributed by atoms with E-state index in [1.54, 1.807) is 0 Å². The molecule has 0 radical (unpaired) electrons. The van der Waals surface area contributed by atoms with Gasteiger partial charge in [-0.3, -0.25) is 4.79 Å². The van der Waals surface area contributed by atoms with Gasteiger partial charge in [-0.15, -0.1) is 0 Å². The Balaban J connectivity index is 2.03. The van der Waals surface area contributed by atoms with Gasteiger partial charge in [0, 0.05) is 11.4 Å². The average Bonchev–Trinajstić information content (AvgIpc) is 2.69. The van der Waals surface area contributed by atoms with Crippen LogP contribution in [0.25, 0.3) is 0 Å². The van der Waals surface area contributed by atoms with Crippen LogP contribution in [-0.4, -0.2) is 18.0 Å². The maximum absolute atomic E-state index is 12.0. The normalized spacial score (nSPS) is 23.9. The first-order valence-electron chi connectivity index (χ1n) is 5.99. The Labute approximate surface area is 107 Å². The van der Waals surface area contributed by atoms with E-state index in [0.717, 1.165) is 24.0 Å². The van der Waals surface area contributed by atoms with Crippen LogP contribution in [0.5, 0.6) is 0 Å². The van der Waals surface area contributed by atoms with Gasteiger partial charge in [-0.05, 0) is 43.9 Å². The highest BCUT2D eigenvalue weighted by Gasteiger charge is 2.28. The maximum atomic E-state index is 12.0. The number of hydrogen-bond donors (Lipinski definition) is 0. The first kappa shape index (κ1) is 12.6. The molecule has 1 aliphatic heterocycles. The molecule has 92 valence electrons. The monoisotopic (exact) mass is 252 g/mol. The fourth-order valence-corrected chi connectivity index (χ4v) is 2.44. The Bertz CT molecular complexity index is 428. The summed E-state index contributed by atoms with van der Waals surface area (Å²) in [6, 6.07) is 5.79. The van der Waals surface area contributed by atoms with E-state index >= 15 is 0 Å². The molecule has 0 bridgehead atoms. The van der Waals surface area contributed by atoms with Crippen molar-refractivity contribution in [1.29, 1.82) is 0 Å². The molecule has 0 aromatic heterocycles. The van der Waals surface area contributed by atoms with Gasteiger partial charge in [0.05, 0.1) is 6.10 Å². The number of carbonyl (C=O) groups excluding carboxylic acids is 1. The number of hydrogen-bond acceptors (Lipinski definition) is 2. The minimum absolute atomic E-state index is 0.139. The van der Waals surface area contributed by atoms with Crippen molar-refractivity contribution >= 4 is 17.4 Å². The number of ether oxygens (including phenoxy) is 1. The van der Waals surface area contributed by atoms with Crippen molar-refractivity contribution in [2.75, 3.05) is 0 Å². The molecule has 0 spiro atoms. The van der Waals surface area contributed by atoms with Gasteiger partial charge >= 0.3 is 0 Å². The summed E-state index contributed by atoms with van der Waals surface area (Å²) in [6.45, 7) is 3.99. The Kier molecular flexibility index (Phi) is 3.85. The second-order valence-electron chi connectivity index (χ2n) is 4.75. The Morgan fingerprint density at radius 3 is 2.82 bits per heavy atom. The van der Waals surface area contributed by atoms with E-state index in [2.05, 4.69) is 0 Å². The van der Waals surface area contributed by atoms with Crippen LogP contribution in [0.2, 0.25) is 5.02 Å². The largest absolute Gasteiger partial charge is 0.367 e. The summed E-state index contributed by atoms with van der Waals surface area (Å²) < 4.78 is 5.57. The van der Waals surface area contributed by atoms with Crippen LogP contribution >= 0.6 is 11.6 Å². The van der Waals surface area contributed by atoms with Crippen molar-refractivity contribution in [2.24, 2.45) is 0 Å². The number of carbonyl (C=O) groups is 1. The second-order valence-corrected chi connectivity index (χ2v) is 5.16. The standard InChI is InChI=1S/C14H17ClO2/c1-9-3-5-11(12(15)7-9)8-13(16)14-6-4-10(2)17-14/h3,5,7,10,14H,4,6,8H2,1-2H3. The summed E-state index contributed by atoms with van der Waals surface area (Å²) in [5, 5.41) is 0.671. The molecule has 1 aromatic carbocycles. The SMILES string of the molecule is Cc1ccc(CC(=O)C2CCC(C)O2)c(Cl)c1. The van der Waals surface area contributed by atoms with Crippen molar-refractivity contribution in [1.82, 2.24) is 0 Å². The smallest absolute Gasteiger partial charge is 0.165 e. The van der Waals surface area contributed by atoms with Crippen LogP contribution in [0.4, 0.5) is 0 Å². The number of benzene rings is 1. The van der Waals surface area contributed by atoms with Gasteiger partial charge in [-0.2, -0.15) is 0 Å².